The second kappa shape index (κ2) is 9.27. The summed E-state index contributed by atoms with van der Waals surface area (Å²) in [6, 6.07) is 7.95. The lowest BCUT2D eigenvalue weighted by Crippen LogP contribution is -2.38. The summed E-state index contributed by atoms with van der Waals surface area (Å²) in [5.74, 6) is 1.93. The van der Waals surface area contributed by atoms with Crippen LogP contribution < -0.4 is 15.4 Å². The average Bonchev–Trinajstić information content (AvgIpc) is 2.43. The normalized spacial score (nSPS) is 10.8. The fourth-order valence-corrected chi connectivity index (χ4v) is 1.83. The molecular formula is C17H28N2O2. The van der Waals surface area contributed by atoms with Crippen molar-refractivity contribution >= 4 is 6.03 Å². The van der Waals surface area contributed by atoms with Gasteiger partial charge in [-0.05, 0) is 36.0 Å². The summed E-state index contributed by atoms with van der Waals surface area (Å²) in [6.07, 6.45) is 0.992. The van der Waals surface area contributed by atoms with Crippen LogP contribution in [-0.2, 0) is 0 Å². The first kappa shape index (κ1) is 17.3. The molecule has 0 bridgehead atoms. The fourth-order valence-electron chi connectivity index (χ4n) is 1.83. The third kappa shape index (κ3) is 7.59. The molecule has 0 aromatic heterocycles. The van der Waals surface area contributed by atoms with Gasteiger partial charge in [-0.2, -0.15) is 0 Å². The third-order valence-corrected chi connectivity index (χ3v) is 3.19. The smallest absolute Gasteiger partial charge is 0.314 e. The molecule has 1 aromatic carbocycles. The zero-order valence-electron chi connectivity index (χ0n) is 13.6. The van der Waals surface area contributed by atoms with Crippen LogP contribution in [0.4, 0.5) is 4.79 Å². The van der Waals surface area contributed by atoms with Gasteiger partial charge in [0.2, 0.25) is 0 Å². The Morgan fingerprint density at radius 2 is 1.86 bits per heavy atom. The molecular weight excluding hydrogens is 264 g/mol. The number of nitrogens with one attached hydrogen (secondary N) is 2. The maximum atomic E-state index is 11.5. The van der Waals surface area contributed by atoms with Crippen molar-refractivity contribution in [3.05, 3.63) is 29.8 Å². The highest BCUT2D eigenvalue weighted by Gasteiger charge is 2.02. The summed E-state index contributed by atoms with van der Waals surface area (Å²) in [5, 5.41) is 5.62. The Morgan fingerprint density at radius 1 is 1.14 bits per heavy atom. The van der Waals surface area contributed by atoms with Crippen molar-refractivity contribution in [1.82, 2.24) is 10.6 Å². The number of carbonyl (C=O) groups excluding carboxylic acids is 1. The van der Waals surface area contributed by atoms with Gasteiger partial charge in [0.1, 0.15) is 12.4 Å². The van der Waals surface area contributed by atoms with Crippen LogP contribution in [0.2, 0.25) is 0 Å². The van der Waals surface area contributed by atoms with Gasteiger partial charge in [0.05, 0.1) is 6.54 Å². The number of carbonyl (C=O) groups is 1. The minimum Gasteiger partial charge on any atom is -0.492 e. The van der Waals surface area contributed by atoms with E-state index >= 15 is 0 Å². The van der Waals surface area contributed by atoms with Crippen molar-refractivity contribution in [2.45, 2.75) is 40.0 Å². The molecule has 21 heavy (non-hydrogen) atoms. The summed E-state index contributed by atoms with van der Waals surface area (Å²) in [6.45, 7) is 10.3. The number of hydrogen-bond donors (Lipinski definition) is 2. The second-order valence-corrected chi connectivity index (χ2v) is 5.94. The molecule has 0 spiro atoms. The molecule has 0 aliphatic carbocycles. The standard InChI is InChI=1S/C17H28N2O2/c1-13(2)8-9-18-17(20)19-10-11-21-16-7-5-6-15(12-16)14(3)4/h5-7,12-14H,8-11H2,1-4H3,(H2,18,19,20). The highest BCUT2D eigenvalue weighted by atomic mass is 16.5. The zero-order valence-corrected chi connectivity index (χ0v) is 13.6. The van der Waals surface area contributed by atoms with E-state index in [4.69, 9.17) is 4.74 Å². The molecule has 0 aliphatic heterocycles. The molecule has 2 N–H and O–H groups in total. The van der Waals surface area contributed by atoms with Crippen LogP contribution >= 0.6 is 0 Å². The molecule has 1 rings (SSSR count). The van der Waals surface area contributed by atoms with Crippen LogP contribution in [0.25, 0.3) is 0 Å². The molecule has 4 heteroatoms. The Hall–Kier alpha value is -1.71. The van der Waals surface area contributed by atoms with Gasteiger partial charge in [-0.15, -0.1) is 0 Å². The van der Waals surface area contributed by atoms with Gasteiger partial charge in [-0.3, -0.25) is 0 Å². The number of benzene rings is 1. The van der Waals surface area contributed by atoms with Crippen LogP contribution in [0.1, 0.15) is 45.6 Å². The van der Waals surface area contributed by atoms with Crippen LogP contribution in [0.5, 0.6) is 5.75 Å². The maximum Gasteiger partial charge on any atom is 0.314 e. The molecule has 0 fully saturated rings. The Bertz CT molecular complexity index is 431. The zero-order chi connectivity index (χ0) is 15.7. The molecule has 0 saturated carbocycles. The molecule has 2 amide bonds. The number of ether oxygens (including phenoxy) is 1. The van der Waals surface area contributed by atoms with Crippen LogP contribution in [0.15, 0.2) is 24.3 Å². The lowest BCUT2D eigenvalue weighted by molar-refractivity contribution is 0.236. The Balaban J connectivity index is 2.19. The second-order valence-electron chi connectivity index (χ2n) is 5.94. The van der Waals surface area contributed by atoms with Crippen molar-refractivity contribution < 1.29 is 9.53 Å². The summed E-state index contributed by atoms with van der Waals surface area (Å²) in [7, 11) is 0. The van der Waals surface area contributed by atoms with Gasteiger partial charge in [0.15, 0.2) is 0 Å². The van der Waals surface area contributed by atoms with Gasteiger partial charge < -0.3 is 15.4 Å². The molecule has 118 valence electrons. The molecule has 0 saturated heterocycles. The predicted molar refractivity (Wildman–Crippen MR) is 86.9 cm³/mol. The summed E-state index contributed by atoms with van der Waals surface area (Å²) in [5.41, 5.74) is 1.26. The van der Waals surface area contributed by atoms with Crippen LogP contribution in [-0.4, -0.2) is 25.7 Å². The van der Waals surface area contributed by atoms with Gasteiger partial charge in [0, 0.05) is 6.54 Å². The third-order valence-electron chi connectivity index (χ3n) is 3.19. The quantitative estimate of drug-likeness (QED) is 0.720. The topological polar surface area (TPSA) is 50.4 Å². The molecule has 0 unspecified atom stereocenters. The molecule has 1 aromatic rings. The minimum absolute atomic E-state index is 0.129. The SMILES string of the molecule is CC(C)CCNC(=O)NCCOc1cccc(C(C)C)c1. The van der Waals surface area contributed by atoms with Gasteiger partial charge in [-0.25, -0.2) is 4.79 Å². The molecule has 0 heterocycles. The summed E-state index contributed by atoms with van der Waals surface area (Å²) >= 11 is 0. The molecule has 0 aliphatic rings. The Morgan fingerprint density at radius 3 is 2.52 bits per heavy atom. The summed E-state index contributed by atoms with van der Waals surface area (Å²) in [4.78, 5) is 11.5. The Kier molecular flexibility index (Phi) is 7.65. The number of amides is 2. The predicted octanol–water partition coefficient (Wildman–Crippen LogP) is 3.53. The number of urea groups is 1. The van der Waals surface area contributed by atoms with Crippen molar-refractivity contribution in [1.29, 1.82) is 0 Å². The lowest BCUT2D eigenvalue weighted by atomic mass is 10.0. The van der Waals surface area contributed by atoms with E-state index in [1.807, 2.05) is 18.2 Å². The van der Waals surface area contributed by atoms with Crippen LogP contribution in [0, 0.1) is 5.92 Å². The monoisotopic (exact) mass is 292 g/mol. The first-order valence-electron chi connectivity index (χ1n) is 7.73. The highest BCUT2D eigenvalue weighted by molar-refractivity contribution is 5.73. The van der Waals surface area contributed by atoms with E-state index in [0.29, 0.717) is 31.5 Å². The van der Waals surface area contributed by atoms with Crippen molar-refractivity contribution in [3.8, 4) is 5.75 Å². The van der Waals surface area contributed by atoms with E-state index in [2.05, 4.69) is 44.4 Å². The van der Waals surface area contributed by atoms with Crippen molar-refractivity contribution in [3.63, 3.8) is 0 Å². The Labute approximate surface area is 128 Å². The van der Waals surface area contributed by atoms with E-state index in [-0.39, 0.29) is 6.03 Å². The van der Waals surface area contributed by atoms with Crippen LogP contribution in [0.3, 0.4) is 0 Å². The molecule has 4 nitrogen and oxygen atoms in total. The van der Waals surface area contributed by atoms with Gasteiger partial charge in [0.25, 0.3) is 0 Å². The minimum atomic E-state index is -0.129. The van der Waals surface area contributed by atoms with Gasteiger partial charge >= 0.3 is 6.03 Å². The number of hydrogen-bond acceptors (Lipinski definition) is 2. The fraction of sp³-hybridized carbons (Fsp3) is 0.588. The first-order chi connectivity index (χ1) is 9.99. The van der Waals surface area contributed by atoms with Crippen molar-refractivity contribution in [2.75, 3.05) is 19.7 Å². The van der Waals surface area contributed by atoms with E-state index < -0.39 is 0 Å². The highest BCUT2D eigenvalue weighted by Crippen LogP contribution is 2.19. The van der Waals surface area contributed by atoms with E-state index in [1.54, 1.807) is 0 Å². The summed E-state index contributed by atoms with van der Waals surface area (Å²) < 4.78 is 5.65. The van der Waals surface area contributed by atoms with E-state index in [1.165, 1.54) is 5.56 Å². The maximum absolute atomic E-state index is 11.5. The lowest BCUT2D eigenvalue weighted by Gasteiger charge is -2.11. The van der Waals surface area contributed by atoms with E-state index in [9.17, 15) is 4.79 Å². The first-order valence-corrected chi connectivity index (χ1v) is 7.73. The average molecular weight is 292 g/mol. The van der Waals surface area contributed by atoms with Gasteiger partial charge in [-0.1, -0.05) is 39.8 Å². The molecule has 0 radical (unpaired) electrons. The van der Waals surface area contributed by atoms with E-state index in [0.717, 1.165) is 12.2 Å². The van der Waals surface area contributed by atoms with Crippen molar-refractivity contribution in [2.24, 2.45) is 5.92 Å². The number of rotatable bonds is 8. The largest absolute Gasteiger partial charge is 0.492 e. The molecule has 0 atom stereocenters.